The lowest BCUT2D eigenvalue weighted by atomic mass is 10.2. The quantitative estimate of drug-likeness (QED) is 0.386. The van der Waals surface area contributed by atoms with Gasteiger partial charge in [-0.15, -0.1) is 0 Å². The largest absolute Gasteiger partial charge is 0.388 e. The van der Waals surface area contributed by atoms with E-state index < -0.39 is 4.92 Å². The highest BCUT2D eigenvalue weighted by molar-refractivity contribution is 6.33. The first-order valence-electron chi connectivity index (χ1n) is 5.69. The van der Waals surface area contributed by atoms with Gasteiger partial charge in [0.2, 0.25) is 0 Å². The topological polar surface area (TPSA) is 92.0 Å². The molecular formula is C11H17ClN3O3+. The van der Waals surface area contributed by atoms with Crippen molar-refractivity contribution in [2.24, 2.45) is 0 Å². The van der Waals surface area contributed by atoms with Gasteiger partial charge < -0.3 is 15.7 Å². The maximum atomic E-state index is 10.8. The van der Waals surface area contributed by atoms with E-state index in [1.807, 2.05) is 5.32 Å². The number of aliphatic hydroxyl groups excluding tert-OH is 1. The number of halogens is 1. The van der Waals surface area contributed by atoms with Crippen LogP contribution >= 0.6 is 11.6 Å². The van der Waals surface area contributed by atoms with Crippen molar-refractivity contribution in [3.63, 3.8) is 0 Å². The van der Waals surface area contributed by atoms with Crippen molar-refractivity contribution in [1.82, 2.24) is 0 Å². The van der Waals surface area contributed by atoms with E-state index in [1.165, 1.54) is 6.07 Å². The number of nitro groups is 1. The Morgan fingerprint density at radius 3 is 2.94 bits per heavy atom. The molecule has 0 aliphatic heterocycles. The Balaban J connectivity index is 2.53. The Labute approximate surface area is 110 Å². The van der Waals surface area contributed by atoms with E-state index in [-0.39, 0.29) is 11.8 Å². The zero-order valence-electron chi connectivity index (χ0n) is 10.1. The number of hydrogen-bond acceptors (Lipinski definition) is 4. The van der Waals surface area contributed by atoms with Crippen molar-refractivity contribution in [1.29, 1.82) is 0 Å². The van der Waals surface area contributed by atoms with Crippen LogP contribution in [0.25, 0.3) is 0 Å². The van der Waals surface area contributed by atoms with Crippen molar-refractivity contribution < 1.29 is 15.3 Å². The highest BCUT2D eigenvalue weighted by atomic mass is 35.5. The first kappa shape index (κ1) is 14.7. The molecule has 7 heteroatoms. The number of para-hydroxylation sites is 1. The third kappa shape index (κ3) is 4.48. The standard InChI is InChI=1S/C11H16ClN3O3/c1-8(16)7-13-5-6-14-11-9(12)3-2-4-10(11)15(17)18/h2-4,8,13-14,16H,5-7H2,1H3/p+1/t8-/m0/s1. The summed E-state index contributed by atoms with van der Waals surface area (Å²) in [5, 5.41) is 25.1. The van der Waals surface area contributed by atoms with Gasteiger partial charge in [-0.25, -0.2) is 0 Å². The molecule has 4 N–H and O–H groups in total. The number of hydrogen-bond donors (Lipinski definition) is 3. The highest BCUT2D eigenvalue weighted by Gasteiger charge is 2.15. The van der Waals surface area contributed by atoms with Gasteiger partial charge in [0.05, 0.1) is 29.1 Å². The van der Waals surface area contributed by atoms with E-state index in [0.29, 0.717) is 30.3 Å². The Morgan fingerprint density at radius 2 is 2.33 bits per heavy atom. The van der Waals surface area contributed by atoms with E-state index in [4.69, 9.17) is 16.7 Å². The van der Waals surface area contributed by atoms with Crippen LogP contribution in [-0.2, 0) is 0 Å². The first-order valence-corrected chi connectivity index (χ1v) is 6.06. The summed E-state index contributed by atoms with van der Waals surface area (Å²) in [5.74, 6) is 0. The van der Waals surface area contributed by atoms with E-state index >= 15 is 0 Å². The van der Waals surface area contributed by atoms with Crippen molar-refractivity contribution in [2.45, 2.75) is 13.0 Å². The summed E-state index contributed by atoms with van der Waals surface area (Å²) in [7, 11) is 0. The minimum atomic E-state index is -0.465. The molecule has 100 valence electrons. The molecule has 1 aromatic carbocycles. The van der Waals surface area contributed by atoms with Crippen LogP contribution in [-0.4, -0.2) is 35.8 Å². The third-order valence-corrected chi connectivity index (χ3v) is 2.66. The molecule has 0 amide bonds. The molecule has 1 aromatic rings. The zero-order chi connectivity index (χ0) is 13.5. The van der Waals surface area contributed by atoms with Crippen LogP contribution in [0.4, 0.5) is 11.4 Å². The number of benzene rings is 1. The second kappa shape index (κ2) is 7.15. The SMILES string of the molecule is C[C@H](O)C[NH2+]CCNc1c(Cl)cccc1[N+](=O)[O-]. The number of anilines is 1. The number of nitro benzene ring substituents is 1. The number of nitrogens with zero attached hydrogens (tertiary/aromatic N) is 1. The Kier molecular flexibility index (Phi) is 5.84. The van der Waals surface area contributed by atoms with Crippen LogP contribution in [0.15, 0.2) is 18.2 Å². The fourth-order valence-electron chi connectivity index (χ4n) is 1.50. The predicted molar refractivity (Wildman–Crippen MR) is 69.9 cm³/mol. The third-order valence-electron chi connectivity index (χ3n) is 2.35. The average Bonchev–Trinajstić information content (AvgIpc) is 2.29. The number of aliphatic hydroxyl groups is 1. The van der Waals surface area contributed by atoms with E-state index in [2.05, 4.69) is 5.32 Å². The molecule has 0 saturated carbocycles. The molecule has 0 fully saturated rings. The molecule has 0 unspecified atom stereocenters. The second-order valence-corrected chi connectivity index (χ2v) is 4.39. The van der Waals surface area contributed by atoms with Gasteiger partial charge in [-0.1, -0.05) is 17.7 Å². The summed E-state index contributed by atoms with van der Waals surface area (Å²) in [6.07, 6.45) is -0.361. The van der Waals surface area contributed by atoms with Crippen molar-refractivity contribution >= 4 is 23.0 Å². The first-order chi connectivity index (χ1) is 8.52. The minimum absolute atomic E-state index is 0.0296. The lowest BCUT2D eigenvalue weighted by molar-refractivity contribution is -0.657. The van der Waals surface area contributed by atoms with Gasteiger partial charge in [-0.2, -0.15) is 0 Å². The van der Waals surface area contributed by atoms with Crippen LogP contribution in [0.2, 0.25) is 5.02 Å². The molecule has 0 spiro atoms. The molecule has 1 atom stereocenters. The monoisotopic (exact) mass is 274 g/mol. The van der Waals surface area contributed by atoms with E-state index in [9.17, 15) is 10.1 Å². The maximum absolute atomic E-state index is 10.8. The molecular weight excluding hydrogens is 258 g/mol. The number of nitrogens with two attached hydrogens (primary N) is 1. The summed E-state index contributed by atoms with van der Waals surface area (Å²) in [6.45, 7) is 3.56. The molecule has 0 aliphatic rings. The van der Waals surface area contributed by atoms with Crippen LogP contribution in [0, 0.1) is 10.1 Å². The predicted octanol–water partition coefficient (Wildman–Crippen LogP) is 0.604. The Hall–Kier alpha value is -1.37. The van der Waals surface area contributed by atoms with Gasteiger partial charge in [0.1, 0.15) is 12.2 Å². The van der Waals surface area contributed by atoms with Crippen LogP contribution in [0.3, 0.4) is 0 Å². The fraction of sp³-hybridized carbons (Fsp3) is 0.455. The van der Waals surface area contributed by atoms with Crippen LogP contribution < -0.4 is 10.6 Å². The lowest BCUT2D eigenvalue weighted by Crippen LogP contribution is -2.87. The summed E-state index contributed by atoms with van der Waals surface area (Å²) in [6, 6.07) is 4.56. The van der Waals surface area contributed by atoms with Gasteiger partial charge in [-0.3, -0.25) is 10.1 Å². The molecule has 1 rings (SSSR count). The summed E-state index contributed by atoms with van der Waals surface area (Å²) in [4.78, 5) is 10.4. The summed E-state index contributed by atoms with van der Waals surface area (Å²) >= 11 is 5.92. The minimum Gasteiger partial charge on any atom is -0.388 e. The van der Waals surface area contributed by atoms with Gasteiger partial charge in [0.15, 0.2) is 0 Å². The van der Waals surface area contributed by atoms with Crippen LogP contribution in [0.1, 0.15) is 6.92 Å². The van der Waals surface area contributed by atoms with Crippen molar-refractivity contribution in [3.05, 3.63) is 33.3 Å². The normalized spacial score (nSPS) is 12.2. The molecule has 18 heavy (non-hydrogen) atoms. The number of rotatable bonds is 7. The molecule has 0 bridgehead atoms. The zero-order valence-corrected chi connectivity index (χ0v) is 10.9. The van der Waals surface area contributed by atoms with Crippen LogP contribution in [0.5, 0.6) is 0 Å². The van der Waals surface area contributed by atoms with Crippen molar-refractivity contribution in [2.75, 3.05) is 25.0 Å². The molecule has 0 radical (unpaired) electrons. The van der Waals surface area contributed by atoms with E-state index in [0.717, 1.165) is 0 Å². The van der Waals surface area contributed by atoms with E-state index in [1.54, 1.807) is 19.1 Å². The molecule has 6 nitrogen and oxygen atoms in total. The Morgan fingerprint density at radius 1 is 1.61 bits per heavy atom. The molecule has 0 heterocycles. The van der Waals surface area contributed by atoms with Gasteiger partial charge >= 0.3 is 0 Å². The van der Waals surface area contributed by atoms with Gasteiger partial charge in [0.25, 0.3) is 5.69 Å². The molecule has 0 aliphatic carbocycles. The molecule has 0 saturated heterocycles. The second-order valence-electron chi connectivity index (χ2n) is 3.98. The molecule has 0 aromatic heterocycles. The van der Waals surface area contributed by atoms with Crippen molar-refractivity contribution in [3.8, 4) is 0 Å². The average molecular weight is 275 g/mol. The Bertz CT molecular complexity index is 413. The summed E-state index contributed by atoms with van der Waals surface area (Å²) < 4.78 is 0. The van der Waals surface area contributed by atoms with Gasteiger partial charge in [0, 0.05) is 6.07 Å². The van der Waals surface area contributed by atoms with Gasteiger partial charge in [-0.05, 0) is 13.0 Å². The maximum Gasteiger partial charge on any atom is 0.293 e. The highest BCUT2D eigenvalue weighted by Crippen LogP contribution is 2.31. The number of nitrogens with one attached hydrogen (secondary N) is 1. The lowest BCUT2D eigenvalue weighted by Gasteiger charge is -2.08. The summed E-state index contributed by atoms with van der Waals surface area (Å²) in [5.41, 5.74) is 0.313. The number of quaternary nitrogens is 1. The smallest absolute Gasteiger partial charge is 0.293 e. The fourth-order valence-corrected chi connectivity index (χ4v) is 1.73.